The summed E-state index contributed by atoms with van der Waals surface area (Å²) < 4.78 is 40.1. The molecule has 0 atom stereocenters. The van der Waals surface area contributed by atoms with Crippen molar-refractivity contribution in [3.8, 4) is 5.69 Å². The number of aromatic nitrogens is 4. The molecule has 0 N–H and O–H groups in total. The Bertz CT molecular complexity index is 966. The first-order valence-electron chi connectivity index (χ1n) is 7.16. The van der Waals surface area contributed by atoms with Gasteiger partial charge in [-0.05, 0) is 24.3 Å². The van der Waals surface area contributed by atoms with Crippen LogP contribution in [0.25, 0.3) is 16.9 Å². The summed E-state index contributed by atoms with van der Waals surface area (Å²) in [5, 5.41) is 0.655. The fraction of sp³-hybridized carbons (Fsp3) is 0.267. The predicted molar refractivity (Wildman–Crippen MR) is 90.5 cm³/mol. The van der Waals surface area contributed by atoms with Crippen LogP contribution >= 0.6 is 23.4 Å². The highest BCUT2D eigenvalue weighted by Crippen LogP contribution is 2.27. The number of imidazole rings is 1. The second-order valence-electron chi connectivity index (χ2n) is 5.25. The van der Waals surface area contributed by atoms with Crippen LogP contribution in [0.5, 0.6) is 0 Å². The molecule has 2 aromatic heterocycles. The van der Waals surface area contributed by atoms with Gasteiger partial charge in [0.2, 0.25) is 0 Å². The first-order valence-corrected chi connectivity index (χ1v) is 8.52. The molecule has 0 spiro atoms. The van der Waals surface area contributed by atoms with Crippen LogP contribution in [0.15, 0.2) is 40.5 Å². The third-order valence-corrected chi connectivity index (χ3v) is 4.60. The van der Waals surface area contributed by atoms with Gasteiger partial charge in [0.05, 0.1) is 18.4 Å². The summed E-state index contributed by atoms with van der Waals surface area (Å²) in [5.74, 6) is -0.243. The highest BCUT2D eigenvalue weighted by atomic mass is 35.5. The highest BCUT2D eigenvalue weighted by Gasteiger charge is 2.27. The van der Waals surface area contributed by atoms with Gasteiger partial charge < -0.3 is 4.57 Å². The van der Waals surface area contributed by atoms with Crippen molar-refractivity contribution in [3.05, 3.63) is 46.0 Å². The fourth-order valence-corrected chi connectivity index (χ4v) is 3.32. The third-order valence-electron chi connectivity index (χ3n) is 3.41. The maximum Gasteiger partial charge on any atom is 0.389 e. The zero-order valence-corrected chi connectivity index (χ0v) is 14.5. The van der Waals surface area contributed by atoms with Gasteiger partial charge in [0.15, 0.2) is 16.3 Å². The molecule has 0 aliphatic rings. The number of halogens is 4. The molecule has 0 aliphatic heterocycles. The Balaban J connectivity index is 2.11. The summed E-state index contributed by atoms with van der Waals surface area (Å²) in [6.07, 6.45) is -3.80. The van der Waals surface area contributed by atoms with Crippen molar-refractivity contribution in [3.63, 3.8) is 0 Å². The van der Waals surface area contributed by atoms with Crippen LogP contribution < -0.4 is 5.56 Å². The Labute approximate surface area is 149 Å². The molecule has 3 rings (SSSR count). The third kappa shape index (κ3) is 3.82. The van der Waals surface area contributed by atoms with E-state index in [0.717, 1.165) is 11.8 Å². The Morgan fingerprint density at radius 1 is 1.24 bits per heavy atom. The molecule has 132 valence electrons. The highest BCUT2D eigenvalue weighted by molar-refractivity contribution is 7.99. The van der Waals surface area contributed by atoms with Gasteiger partial charge in [0.25, 0.3) is 5.56 Å². The van der Waals surface area contributed by atoms with Crippen LogP contribution in [0.2, 0.25) is 5.02 Å². The molecule has 25 heavy (non-hydrogen) atoms. The molecule has 0 saturated heterocycles. The van der Waals surface area contributed by atoms with Crippen LogP contribution in [0.3, 0.4) is 0 Å². The first kappa shape index (κ1) is 17.8. The summed E-state index contributed by atoms with van der Waals surface area (Å²) in [6, 6.07) is 6.40. The van der Waals surface area contributed by atoms with E-state index in [0.29, 0.717) is 16.4 Å². The van der Waals surface area contributed by atoms with Crippen LogP contribution in [0.4, 0.5) is 13.2 Å². The molecule has 0 unspecified atom stereocenters. The van der Waals surface area contributed by atoms with Crippen LogP contribution in [0, 0.1) is 0 Å². The summed E-state index contributed by atoms with van der Waals surface area (Å²) in [5.41, 5.74) is 0.494. The average molecular weight is 389 g/mol. The van der Waals surface area contributed by atoms with Gasteiger partial charge in [-0.25, -0.2) is 9.97 Å². The maximum absolute atomic E-state index is 12.8. The molecule has 0 saturated carbocycles. The second-order valence-corrected chi connectivity index (χ2v) is 6.75. The van der Waals surface area contributed by atoms with Gasteiger partial charge in [-0.2, -0.15) is 13.2 Å². The number of thioether (sulfide) groups is 1. The number of fused-ring (bicyclic) bond motifs is 1. The quantitative estimate of drug-likeness (QED) is 0.503. The molecule has 5 nitrogen and oxygen atoms in total. The minimum absolute atomic E-state index is 0.151. The zero-order valence-electron chi connectivity index (χ0n) is 12.9. The smallest absolute Gasteiger partial charge is 0.318 e. The molecule has 0 bridgehead atoms. The molecular weight excluding hydrogens is 377 g/mol. The van der Waals surface area contributed by atoms with Crippen LogP contribution in [-0.4, -0.2) is 31.0 Å². The SMILES string of the molecule is Cn1cnc2c(=O)n(-c3ccc(Cl)cc3)c(SCCC(F)(F)F)nc21. The maximum atomic E-state index is 12.8. The normalized spacial score (nSPS) is 12.0. The van der Waals surface area contributed by atoms with Gasteiger partial charge in [-0.15, -0.1) is 0 Å². The van der Waals surface area contributed by atoms with Crippen molar-refractivity contribution in [1.29, 1.82) is 0 Å². The number of aryl methyl sites for hydroxylation is 1. The Morgan fingerprint density at radius 2 is 1.92 bits per heavy atom. The number of rotatable bonds is 4. The van der Waals surface area contributed by atoms with E-state index in [1.165, 1.54) is 10.9 Å². The second kappa shape index (κ2) is 6.72. The van der Waals surface area contributed by atoms with Gasteiger partial charge in [0.1, 0.15) is 0 Å². The monoisotopic (exact) mass is 388 g/mol. The molecule has 0 radical (unpaired) electrons. The number of nitrogens with zero attached hydrogens (tertiary/aromatic N) is 4. The van der Waals surface area contributed by atoms with Gasteiger partial charge in [-0.1, -0.05) is 23.4 Å². The van der Waals surface area contributed by atoms with E-state index in [2.05, 4.69) is 9.97 Å². The van der Waals surface area contributed by atoms with E-state index in [1.54, 1.807) is 35.9 Å². The standard InChI is InChI=1S/C15H12ClF3N4OS/c1-22-8-20-11-12(22)21-14(25-7-6-15(17,18)19)23(13(11)24)10-4-2-9(16)3-5-10/h2-5,8H,6-7H2,1H3. The molecule has 0 amide bonds. The molecule has 0 aliphatic carbocycles. The molecule has 3 aromatic rings. The minimum Gasteiger partial charge on any atom is -0.318 e. The van der Waals surface area contributed by atoms with E-state index < -0.39 is 18.2 Å². The van der Waals surface area contributed by atoms with Gasteiger partial charge >= 0.3 is 6.18 Å². The topological polar surface area (TPSA) is 52.7 Å². The molecule has 2 heterocycles. The first-order chi connectivity index (χ1) is 11.8. The summed E-state index contributed by atoms with van der Waals surface area (Å²) in [4.78, 5) is 21.2. The molecule has 0 fully saturated rings. The largest absolute Gasteiger partial charge is 0.389 e. The van der Waals surface area contributed by atoms with Gasteiger partial charge in [-0.3, -0.25) is 9.36 Å². The summed E-state index contributed by atoms with van der Waals surface area (Å²) >= 11 is 6.73. The van der Waals surface area contributed by atoms with Crippen molar-refractivity contribution in [1.82, 2.24) is 19.1 Å². The van der Waals surface area contributed by atoms with E-state index >= 15 is 0 Å². The lowest BCUT2D eigenvalue weighted by atomic mass is 10.3. The number of benzene rings is 1. The van der Waals surface area contributed by atoms with Crippen molar-refractivity contribution < 1.29 is 13.2 Å². The van der Waals surface area contributed by atoms with Crippen molar-refractivity contribution >= 4 is 34.5 Å². The fourth-order valence-electron chi connectivity index (χ4n) is 2.21. The van der Waals surface area contributed by atoms with Crippen LogP contribution in [0.1, 0.15) is 6.42 Å². The number of alkyl halides is 3. The van der Waals surface area contributed by atoms with Crippen molar-refractivity contribution in [2.75, 3.05) is 5.75 Å². The Kier molecular flexibility index (Phi) is 4.79. The van der Waals surface area contributed by atoms with E-state index in [1.807, 2.05) is 0 Å². The summed E-state index contributed by atoms with van der Waals surface area (Å²) in [7, 11) is 1.67. The van der Waals surface area contributed by atoms with Crippen molar-refractivity contribution in [2.45, 2.75) is 17.8 Å². The Morgan fingerprint density at radius 3 is 2.56 bits per heavy atom. The lowest BCUT2D eigenvalue weighted by Gasteiger charge is -2.12. The predicted octanol–water partition coefficient (Wildman–Crippen LogP) is 3.82. The molecule has 1 aromatic carbocycles. The van der Waals surface area contributed by atoms with E-state index in [4.69, 9.17) is 11.6 Å². The number of hydrogen-bond acceptors (Lipinski definition) is 4. The van der Waals surface area contributed by atoms with E-state index in [9.17, 15) is 18.0 Å². The Hall–Kier alpha value is -2.00. The zero-order chi connectivity index (χ0) is 18.2. The van der Waals surface area contributed by atoms with Crippen molar-refractivity contribution in [2.24, 2.45) is 7.05 Å². The van der Waals surface area contributed by atoms with E-state index in [-0.39, 0.29) is 16.4 Å². The lowest BCUT2D eigenvalue weighted by Crippen LogP contribution is -2.22. The average Bonchev–Trinajstić information content (AvgIpc) is 2.89. The van der Waals surface area contributed by atoms with Crippen LogP contribution in [-0.2, 0) is 7.05 Å². The van der Waals surface area contributed by atoms with Gasteiger partial charge in [0, 0.05) is 17.8 Å². The summed E-state index contributed by atoms with van der Waals surface area (Å²) in [6.45, 7) is 0. The molecule has 10 heteroatoms. The minimum atomic E-state index is -4.27. The lowest BCUT2D eigenvalue weighted by molar-refractivity contribution is -0.129. The molecular formula is C15H12ClF3N4OS. The number of hydrogen-bond donors (Lipinski definition) is 0.